The van der Waals surface area contributed by atoms with Crippen LogP contribution in [0.15, 0.2) is 30.0 Å². The van der Waals surface area contributed by atoms with Gasteiger partial charge >= 0.3 is 0 Å². The smallest absolute Gasteiger partial charge is 0.232 e. The van der Waals surface area contributed by atoms with Crippen LogP contribution in [0.25, 0.3) is 6.08 Å². The second-order valence-corrected chi connectivity index (χ2v) is 7.08. The molecule has 0 amide bonds. The van der Waals surface area contributed by atoms with Crippen molar-refractivity contribution in [2.24, 2.45) is 0 Å². The Hall–Kier alpha value is -2.01. The predicted octanol–water partition coefficient (Wildman–Crippen LogP) is 4.69. The van der Waals surface area contributed by atoms with Gasteiger partial charge in [0.25, 0.3) is 0 Å². The molecule has 4 nitrogen and oxygen atoms in total. The Labute approximate surface area is 156 Å². The topological polar surface area (TPSA) is 49.8 Å². The third-order valence-electron chi connectivity index (χ3n) is 3.94. The number of carbonyl (C=O) groups excluding carboxylic acids is 1. The Morgan fingerprint density at radius 3 is 2.60 bits per heavy atom. The highest BCUT2D eigenvalue weighted by molar-refractivity contribution is 6.35. The molecule has 0 fully saturated rings. The van der Waals surface area contributed by atoms with E-state index in [2.05, 4.69) is 0 Å². The van der Waals surface area contributed by atoms with E-state index in [1.165, 1.54) is 0 Å². The van der Waals surface area contributed by atoms with E-state index >= 15 is 0 Å². The number of benzene rings is 2. The lowest BCUT2D eigenvalue weighted by atomic mass is 9.99. The zero-order chi connectivity index (χ0) is 18.3. The molecule has 0 saturated carbocycles. The first-order valence-corrected chi connectivity index (χ1v) is 8.43. The molecule has 0 aromatic heterocycles. The van der Waals surface area contributed by atoms with Crippen LogP contribution in [-0.4, -0.2) is 29.9 Å². The number of hydrogen-bond acceptors (Lipinski definition) is 4. The van der Waals surface area contributed by atoms with Crippen LogP contribution >= 0.6 is 23.2 Å². The van der Waals surface area contributed by atoms with E-state index in [0.29, 0.717) is 44.6 Å². The van der Waals surface area contributed by atoms with E-state index in [1.807, 2.05) is 19.0 Å². The summed E-state index contributed by atoms with van der Waals surface area (Å²) in [5, 5.41) is 11.2. The van der Waals surface area contributed by atoms with Crippen LogP contribution in [0.3, 0.4) is 0 Å². The molecule has 0 atom stereocenters. The first-order valence-electron chi connectivity index (χ1n) is 7.67. The molecule has 1 heterocycles. The molecule has 2 aromatic rings. The average molecular weight is 378 g/mol. The maximum atomic E-state index is 12.8. The maximum absolute atomic E-state index is 12.8. The van der Waals surface area contributed by atoms with Crippen molar-refractivity contribution in [1.82, 2.24) is 4.90 Å². The van der Waals surface area contributed by atoms with Crippen molar-refractivity contribution in [2.45, 2.75) is 13.5 Å². The number of allylic oxidation sites excluding steroid dienone is 1. The number of hydrogen-bond donors (Lipinski definition) is 1. The van der Waals surface area contributed by atoms with Gasteiger partial charge in [-0.05, 0) is 56.4 Å². The number of ketones is 1. The largest absolute Gasteiger partial charge is 0.507 e. The summed E-state index contributed by atoms with van der Waals surface area (Å²) in [5.74, 6) is 0.475. The van der Waals surface area contributed by atoms with E-state index in [-0.39, 0.29) is 17.3 Å². The van der Waals surface area contributed by atoms with Crippen molar-refractivity contribution < 1.29 is 14.6 Å². The quantitative estimate of drug-likeness (QED) is 0.788. The SMILES string of the molecule is Cc1cc(O)c(CN(C)C)c2c1C(=O)/C(=C/c1ccc(Cl)cc1Cl)O2. The standard InChI is InChI=1S/C19H17Cl2NO3/c1-10-6-15(23)13(9-22(2)3)19-17(10)18(24)16(25-19)7-11-4-5-12(20)8-14(11)21/h4-8,23H,9H2,1-3H3/b16-7-. The number of halogens is 2. The predicted molar refractivity (Wildman–Crippen MR) is 99.6 cm³/mol. The molecular formula is C19H17Cl2NO3. The Balaban J connectivity index is 2.09. The number of rotatable bonds is 3. The Kier molecular flexibility index (Phi) is 4.78. The first-order chi connectivity index (χ1) is 11.8. The first kappa shape index (κ1) is 17.8. The highest BCUT2D eigenvalue weighted by Gasteiger charge is 2.33. The van der Waals surface area contributed by atoms with Crippen LogP contribution in [-0.2, 0) is 6.54 Å². The third kappa shape index (κ3) is 3.38. The van der Waals surface area contributed by atoms with Crippen LogP contribution in [0.5, 0.6) is 11.5 Å². The van der Waals surface area contributed by atoms with Gasteiger partial charge in [0.15, 0.2) is 5.76 Å². The maximum Gasteiger partial charge on any atom is 0.232 e. The summed E-state index contributed by atoms with van der Waals surface area (Å²) < 4.78 is 5.84. The average Bonchev–Trinajstić information content (AvgIpc) is 2.83. The van der Waals surface area contributed by atoms with Gasteiger partial charge in [0, 0.05) is 16.6 Å². The fraction of sp³-hybridized carbons (Fsp3) is 0.211. The van der Waals surface area contributed by atoms with E-state index in [1.54, 1.807) is 37.3 Å². The molecule has 130 valence electrons. The summed E-state index contributed by atoms with van der Waals surface area (Å²) in [6.07, 6.45) is 1.59. The number of carbonyl (C=O) groups is 1. The Bertz CT molecular complexity index is 904. The van der Waals surface area contributed by atoms with E-state index < -0.39 is 0 Å². The number of aromatic hydroxyl groups is 1. The second kappa shape index (κ2) is 6.71. The monoisotopic (exact) mass is 377 g/mol. The molecule has 3 rings (SSSR count). The van der Waals surface area contributed by atoms with E-state index in [0.717, 1.165) is 0 Å². The highest BCUT2D eigenvalue weighted by Crippen LogP contribution is 2.42. The van der Waals surface area contributed by atoms with Crippen molar-refractivity contribution in [3.63, 3.8) is 0 Å². The minimum Gasteiger partial charge on any atom is -0.507 e. The number of nitrogens with zero attached hydrogens (tertiary/aromatic N) is 1. The number of aryl methyl sites for hydroxylation is 1. The van der Waals surface area contributed by atoms with Gasteiger partial charge in [-0.2, -0.15) is 0 Å². The molecule has 0 saturated heterocycles. The highest BCUT2D eigenvalue weighted by atomic mass is 35.5. The van der Waals surface area contributed by atoms with Crippen LogP contribution < -0.4 is 4.74 Å². The molecule has 1 aliphatic heterocycles. The van der Waals surface area contributed by atoms with Crippen molar-refractivity contribution in [3.05, 3.63) is 62.3 Å². The van der Waals surface area contributed by atoms with Gasteiger partial charge in [-0.3, -0.25) is 4.79 Å². The molecule has 1 N–H and O–H groups in total. The van der Waals surface area contributed by atoms with Gasteiger partial charge in [-0.1, -0.05) is 29.3 Å². The van der Waals surface area contributed by atoms with Crippen molar-refractivity contribution in [3.8, 4) is 11.5 Å². The van der Waals surface area contributed by atoms with Crippen LogP contribution in [0.1, 0.15) is 27.0 Å². The molecular weight excluding hydrogens is 361 g/mol. The number of Topliss-reactive ketones (excluding diaryl/α,β-unsaturated/α-hetero) is 1. The molecule has 0 unspecified atom stereocenters. The third-order valence-corrected chi connectivity index (χ3v) is 4.51. The lowest BCUT2D eigenvalue weighted by Gasteiger charge is -2.15. The number of phenols is 1. The Morgan fingerprint density at radius 1 is 1.24 bits per heavy atom. The summed E-state index contributed by atoms with van der Waals surface area (Å²) in [6, 6.07) is 6.62. The van der Waals surface area contributed by atoms with Crippen LogP contribution in [0, 0.1) is 6.92 Å². The summed E-state index contributed by atoms with van der Waals surface area (Å²) in [4.78, 5) is 14.7. The van der Waals surface area contributed by atoms with Crippen LogP contribution in [0.4, 0.5) is 0 Å². The lowest BCUT2D eigenvalue weighted by Crippen LogP contribution is -2.12. The fourth-order valence-corrected chi connectivity index (χ4v) is 3.27. The normalized spacial score (nSPS) is 15.0. The molecule has 6 heteroatoms. The summed E-state index contributed by atoms with van der Waals surface area (Å²) in [7, 11) is 3.76. The Morgan fingerprint density at radius 2 is 1.96 bits per heavy atom. The van der Waals surface area contributed by atoms with Gasteiger partial charge < -0.3 is 14.7 Å². The van der Waals surface area contributed by atoms with Gasteiger partial charge in [-0.25, -0.2) is 0 Å². The zero-order valence-electron chi connectivity index (χ0n) is 14.1. The second-order valence-electron chi connectivity index (χ2n) is 6.24. The summed E-state index contributed by atoms with van der Waals surface area (Å²) >= 11 is 12.1. The molecule has 0 bridgehead atoms. The van der Waals surface area contributed by atoms with Gasteiger partial charge in [-0.15, -0.1) is 0 Å². The molecule has 0 spiro atoms. The molecule has 0 radical (unpaired) electrons. The lowest BCUT2D eigenvalue weighted by molar-refractivity contribution is 0.101. The number of phenolic OH excluding ortho intramolecular Hbond substituents is 1. The van der Waals surface area contributed by atoms with Gasteiger partial charge in [0.2, 0.25) is 5.78 Å². The van der Waals surface area contributed by atoms with Crippen molar-refractivity contribution in [1.29, 1.82) is 0 Å². The van der Waals surface area contributed by atoms with Gasteiger partial charge in [0.05, 0.1) is 11.1 Å². The molecule has 25 heavy (non-hydrogen) atoms. The number of ether oxygens (including phenoxy) is 1. The zero-order valence-corrected chi connectivity index (χ0v) is 15.6. The summed E-state index contributed by atoms with van der Waals surface area (Å²) in [6.45, 7) is 2.23. The number of fused-ring (bicyclic) bond motifs is 1. The summed E-state index contributed by atoms with van der Waals surface area (Å²) in [5.41, 5.74) is 2.37. The fourth-order valence-electron chi connectivity index (χ4n) is 2.81. The van der Waals surface area contributed by atoms with E-state index in [9.17, 15) is 9.90 Å². The molecule has 0 aliphatic carbocycles. The van der Waals surface area contributed by atoms with E-state index in [4.69, 9.17) is 27.9 Å². The molecule has 1 aliphatic rings. The van der Waals surface area contributed by atoms with Crippen molar-refractivity contribution in [2.75, 3.05) is 14.1 Å². The van der Waals surface area contributed by atoms with Crippen molar-refractivity contribution >= 4 is 35.1 Å². The minimum absolute atomic E-state index is 0.114. The van der Waals surface area contributed by atoms with Gasteiger partial charge in [0.1, 0.15) is 11.5 Å². The van der Waals surface area contributed by atoms with Crippen LogP contribution in [0.2, 0.25) is 10.0 Å². The minimum atomic E-state index is -0.224. The molecule has 2 aromatic carbocycles.